The number of aromatic amines is 1. The van der Waals surface area contributed by atoms with Gasteiger partial charge in [-0.2, -0.15) is 4.98 Å². The lowest BCUT2D eigenvalue weighted by Gasteiger charge is -1.98. The van der Waals surface area contributed by atoms with Gasteiger partial charge in [0.25, 0.3) is 0 Å². The fourth-order valence-corrected chi connectivity index (χ4v) is 2.21. The Morgan fingerprint density at radius 2 is 1.28 bits per heavy atom. The van der Waals surface area contributed by atoms with Crippen molar-refractivity contribution in [2.75, 3.05) is 0 Å². The molecule has 3 rings (SSSR count). The predicted molar refractivity (Wildman–Crippen MR) is 98.9 cm³/mol. The highest BCUT2D eigenvalue weighted by atomic mass is 16.3. The number of aromatic nitrogens is 2. The Bertz CT molecular complexity index is 892. The number of phenols is 2. The summed E-state index contributed by atoms with van der Waals surface area (Å²) in [5.41, 5.74) is 2.51. The Kier molecular flexibility index (Phi) is 4.76. The Morgan fingerprint density at radius 3 is 1.84 bits per heavy atom. The largest absolute Gasteiger partial charge is 0.508 e. The summed E-state index contributed by atoms with van der Waals surface area (Å²) in [5.74, 6) is 0.407. The standard InChI is InChI=1S/C20H16N2O3/c23-18-9-3-14(4-10-18)1-7-16-13-17(22-20(25)21-16)8-2-15-5-11-19(24)12-6-15/h1-13,23-24H,(H,21,22,25)/b7-1-,8-2-. The van der Waals surface area contributed by atoms with E-state index in [0.29, 0.717) is 11.4 Å². The highest BCUT2D eigenvalue weighted by molar-refractivity contribution is 5.71. The summed E-state index contributed by atoms with van der Waals surface area (Å²) in [5, 5.41) is 18.6. The van der Waals surface area contributed by atoms with Crippen molar-refractivity contribution in [3.05, 3.63) is 87.6 Å². The lowest BCUT2D eigenvalue weighted by Crippen LogP contribution is -2.12. The molecule has 5 heteroatoms. The molecule has 124 valence electrons. The fourth-order valence-electron chi connectivity index (χ4n) is 2.21. The minimum atomic E-state index is -0.432. The van der Waals surface area contributed by atoms with E-state index in [9.17, 15) is 15.0 Å². The van der Waals surface area contributed by atoms with E-state index in [1.54, 1.807) is 66.7 Å². The molecule has 0 saturated heterocycles. The molecule has 3 aromatic rings. The summed E-state index contributed by atoms with van der Waals surface area (Å²) in [7, 11) is 0. The van der Waals surface area contributed by atoms with Gasteiger partial charge in [0.1, 0.15) is 11.5 Å². The van der Waals surface area contributed by atoms with Crippen LogP contribution in [0.4, 0.5) is 0 Å². The molecule has 25 heavy (non-hydrogen) atoms. The molecule has 0 radical (unpaired) electrons. The topological polar surface area (TPSA) is 86.2 Å². The molecule has 1 heterocycles. The van der Waals surface area contributed by atoms with Crippen LogP contribution in [0.1, 0.15) is 22.5 Å². The zero-order valence-corrected chi connectivity index (χ0v) is 13.3. The van der Waals surface area contributed by atoms with Gasteiger partial charge in [-0.15, -0.1) is 0 Å². The number of nitrogens with one attached hydrogen (secondary N) is 1. The number of benzene rings is 2. The molecule has 2 aromatic carbocycles. The van der Waals surface area contributed by atoms with Gasteiger partial charge in [0.15, 0.2) is 0 Å². The van der Waals surface area contributed by atoms with Crippen LogP contribution < -0.4 is 5.69 Å². The van der Waals surface area contributed by atoms with E-state index in [1.165, 1.54) is 0 Å². The number of phenolic OH excluding ortho intramolecular Hbond substituents is 2. The van der Waals surface area contributed by atoms with Crippen molar-refractivity contribution in [1.29, 1.82) is 0 Å². The van der Waals surface area contributed by atoms with Gasteiger partial charge in [0.05, 0.1) is 5.69 Å². The number of hydrogen-bond acceptors (Lipinski definition) is 4. The monoisotopic (exact) mass is 332 g/mol. The number of hydrogen-bond donors (Lipinski definition) is 3. The molecule has 5 nitrogen and oxygen atoms in total. The van der Waals surface area contributed by atoms with Gasteiger partial charge >= 0.3 is 5.69 Å². The Morgan fingerprint density at radius 1 is 0.760 bits per heavy atom. The third kappa shape index (κ3) is 4.68. The summed E-state index contributed by atoms with van der Waals surface area (Å²) in [4.78, 5) is 18.3. The molecule has 0 amide bonds. The SMILES string of the molecule is O=c1nc(/C=C\c2ccc(O)cc2)cc(/C=C\c2ccc(O)cc2)[nH]1. The molecular formula is C20H16N2O3. The van der Waals surface area contributed by atoms with Crippen LogP contribution in [0.15, 0.2) is 59.4 Å². The molecule has 0 bridgehead atoms. The van der Waals surface area contributed by atoms with Crippen molar-refractivity contribution in [3.8, 4) is 11.5 Å². The lowest BCUT2D eigenvalue weighted by molar-refractivity contribution is 0.474. The molecule has 1 aromatic heterocycles. The first-order chi connectivity index (χ1) is 12.1. The summed E-state index contributed by atoms with van der Waals surface area (Å²) in [6.07, 6.45) is 7.15. The average Bonchev–Trinajstić information content (AvgIpc) is 2.60. The van der Waals surface area contributed by atoms with Crippen molar-refractivity contribution in [3.63, 3.8) is 0 Å². The van der Waals surface area contributed by atoms with E-state index in [4.69, 9.17) is 0 Å². The number of rotatable bonds is 4. The molecule has 0 unspecified atom stereocenters. The first-order valence-electron chi connectivity index (χ1n) is 7.64. The molecule has 0 fully saturated rings. The van der Waals surface area contributed by atoms with Crippen molar-refractivity contribution in [2.24, 2.45) is 0 Å². The molecule has 3 N–H and O–H groups in total. The minimum Gasteiger partial charge on any atom is -0.508 e. The highest BCUT2D eigenvalue weighted by Gasteiger charge is 1.97. The maximum absolute atomic E-state index is 11.7. The second-order valence-electron chi connectivity index (χ2n) is 5.42. The smallest absolute Gasteiger partial charge is 0.345 e. The summed E-state index contributed by atoms with van der Waals surface area (Å²) in [6, 6.07) is 15.2. The maximum Gasteiger partial charge on any atom is 0.345 e. The van der Waals surface area contributed by atoms with E-state index < -0.39 is 5.69 Å². The normalized spacial score (nSPS) is 11.4. The van der Waals surface area contributed by atoms with Crippen LogP contribution in [0.5, 0.6) is 11.5 Å². The van der Waals surface area contributed by atoms with Crippen LogP contribution >= 0.6 is 0 Å². The van der Waals surface area contributed by atoms with Crippen LogP contribution in [-0.4, -0.2) is 20.2 Å². The number of aromatic hydroxyl groups is 2. The Hall–Kier alpha value is -3.60. The van der Waals surface area contributed by atoms with Crippen LogP contribution in [0.2, 0.25) is 0 Å². The molecule has 0 aliphatic rings. The molecular weight excluding hydrogens is 316 g/mol. The van der Waals surface area contributed by atoms with E-state index in [-0.39, 0.29) is 11.5 Å². The van der Waals surface area contributed by atoms with E-state index >= 15 is 0 Å². The molecule has 0 aliphatic carbocycles. The van der Waals surface area contributed by atoms with Gasteiger partial charge in [-0.25, -0.2) is 4.79 Å². The quantitative estimate of drug-likeness (QED) is 0.682. The van der Waals surface area contributed by atoms with Crippen molar-refractivity contribution < 1.29 is 10.2 Å². The van der Waals surface area contributed by atoms with E-state index in [2.05, 4.69) is 9.97 Å². The van der Waals surface area contributed by atoms with Crippen molar-refractivity contribution >= 4 is 24.3 Å². The predicted octanol–water partition coefficient (Wildman–Crippen LogP) is 3.52. The van der Waals surface area contributed by atoms with Crippen molar-refractivity contribution in [1.82, 2.24) is 9.97 Å². The van der Waals surface area contributed by atoms with Gasteiger partial charge in [0.2, 0.25) is 0 Å². The van der Waals surface area contributed by atoms with Crippen LogP contribution in [0, 0.1) is 0 Å². The molecule has 0 atom stereocenters. The molecule has 0 spiro atoms. The van der Waals surface area contributed by atoms with Crippen LogP contribution in [0.25, 0.3) is 24.3 Å². The second kappa shape index (κ2) is 7.31. The second-order valence-corrected chi connectivity index (χ2v) is 5.42. The van der Waals surface area contributed by atoms with Crippen LogP contribution in [0.3, 0.4) is 0 Å². The van der Waals surface area contributed by atoms with Crippen molar-refractivity contribution in [2.45, 2.75) is 0 Å². The number of H-pyrrole nitrogens is 1. The Labute approximate surface area is 144 Å². The zero-order valence-electron chi connectivity index (χ0n) is 13.3. The molecule has 0 saturated carbocycles. The van der Waals surface area contributed by atoms with E-state index in [0.717, 1.165) is 11.1 Å². The third-order valence-electron chi connectivity index (χ3n) is 3.47. The van der Waals surface area contributed by atoms with Gasteiger partial charge in [-0.1, -0.05) is 36.4 Å². The van der Waals surface area contributed by atoms with Gasteiger partial charge in [-0.3, -0.25) is 0 Å². The van der Waals surface area contributed by atoms with Crippen LogP contribution in [-0.2, 0) is 0 Å². The van der Waals surface area contributed by atoms with E-state index in [1.807, 2.05) is 12.2 Å². The third-order valence-corrected chi connectivity index (χ3v) is 3.47. The summed E-state index contributed by atoms with van der Waals surface area (Å²) in [6.45, 7) is 0. The molecule has 0 aliphatic heterocycles. The summed E-state index contributed by atoms with van der Waals surface area (Å²) < 4.78 is 0. The minimum absolute atomic E-state index is 0.202. The number of nitrogens with zero attached hydrogens (tertiary/aromatic N) is 1. The first kappa shape index (κ1) is 16.3. The Balaban J connectivity index is 1.81. The average molecular weight is 332 g/mol. The lowest BCUT2D eigenvalue weighted by atomic mass is 10.1. The highest BCUT2D eigenvalue weighted by Crippen LogP contribution is 2.14. The van der Waals surface area contributed by atoms with Gasteiger partial charge in [-0.05, 0) is 53.6 Å². The maximum atomic E-state index is 11.7. The fraction of sp³-hybridized carbons (Fsp3) is 0. The van der Waals surface area contributed by atoms with Gasteiger partial charge < -0.3 is 15.2 Å². The summed E-state index contributed by atoms with van der Waals surface area (Å²) >= 11 is 0. The van der Waals surface area contributed by atoms with Gasteiger partial charge in [0, 0.05) is 5.69 Å². The first-order valence-corrected chi connectivity index (χ1v) is 7.64. The zero-order chi connectivity index (χ0) is 17.6.